The summed E-state index contributed by atoms with van der Waals surface area (Å²) in [5.74, 6) is 0.270. The number of carbonyl (C=O) groups is 1. The van der Waals surface area contributed by atoms with Gasteiger partial charge in [0.2, 0.25) is 5.91 Å². The first-order valence-electron chi connectivity index (χ1n) is 7.97. The molecule has 0 saturated heterocycles. The molecule has 1 atom stereocenters. The van der Waals surface area contributed by atoms with Gasteiger partial charge in [-0.05, 0) is 44.0 Å². The van der Waals surface area contributed by atoms with Crippen molar-refractivity contribution in [1.29, 1.82) is 0 Å². The quantitative estimate of drug-likeness (QED) is 0.595. The van der Waals surface area contributed by atoms with E-state index in [1.807, 2.05) is 31.0 Å². The first-order valence-corrected chi connectivity index (χ1v) is 8.35. The zero-order valence-corrected chi connectivity index (χ0v) is 15.5. The van der Waals surface area contributed by atoms with E-state index in [9.17, 15) is 14.4 Å². The molecule has 2 aromatic rings. The van der Waals surface area contributed by atoms with E-state index in [2.05, 4.69) is 10.3 Å². The predicted octanol–water partition coefficient (Wildman–Crippen LogP) is 1.04. The first-order chi connectivity index (χ1) is 12.2. The van der Waals surface area contributed by atoms with Crippen LogP contribution in [0.15, 0.2) is 21.7 Å². The number of rotatable bonds is 6. The highest BCUT2D eigenvalue weighted by atomic mass is 35.5. The Labute approximate surface area is 154 Å². The smallest absolute Gasteiger partial charge is 0.326 e. The lowest BCUT2D eigenvalue weighted by Gasteiger charge is -2.16. The predicted molar refractivity (Wildman–Crippen MR) is 99.8 cm³/mol. The molecule has 5 N–H and O–H groups in total. The Morgan fingerprint density at radius 2 is 1.88 bits per heavy atom. The average molecular weight is 381 g/mol. The van der Waals surface area contributed by atoms with E-state index in [1.165, 1.54) is 0 Å². The van der Waals surface area contributed by atoms with E-state index in [4.69, 9.17) is 22.1 Å². The summed E-state index contributed by atoms with van der Waals surface area (Å²) in [5, 5.41) is 3.42. The summed E-state index contributed by atoms with van der Waals surface area (Å²) in [5.41, 5.74) is 5.86. The topological polar surface area (TPSA) is 130 Å². The minimum absolute atomic E-state index is 0.0771. The Balaban J connectivity index is 1.94. The molecule has 8 nitrogen and oxygen atoms in total. The molecule has 0 bridgehead atoms. The summed E-state index contributed by atoms with van der Waals surface area (Å²) in [4.78, 5) is 39.2. The second kappa shape index (κ2) is 8.09. The second-order valence-electron chi connectivity index (χ2n) is 6.13. The maximum Gasteiger partial charge on any atom is 0.326 e. The number of aryl methyl sites for hydroxylation is 2. The summed E-state index contributed by atoms with van der Waals surface area (Å²) in [6.07, 6.45) is -0.214. The van der Waals surface area contributed by atoms with Crippen molar-refractivity contribution in [3.05, 3.63) is 54.8 Å². The van der Waals surface area contributed by atoms with Crippen LogP contribution in [0.4, 0.5) is 5.69 Å². The number of halogens is 1. The van der Waals surface area contributed by atoms with Crippen LogP contribution >= 0.6 is 11.6 Å². The molecule has 1 aromatic carbocycles. The van der Waals surface area contributed by atoms with E-state index < -0.39 is 17.2 Å². The lowest BCUT2D eigenvalue weighted by molar-refractivity contribution is -0.121. The molecule has 26 heavy (non-hydrogen) atoms. The third kappa shape index (κ3) is 4.89. The number of hydrogen-bond acceptors (Lipinski definition) is 5. The van der Waals surface area contributed by atoms with Crippen molar-refractivity contribution in [2.24, 2.45) is 0 Å². The van der Waals surface area contributed by atoms with Crippen molar-refractivity contribution in [3.8, 4) is 5.75 Å². The molecule has 1 aromatic heterocycles. The molecule has 0 aliphatic carbocycles. The van der Waals surface area contributed by atoms with Gasteiger partial charge in [-0.25, -0.2) is 4.79 Å². The minimum Gasteiger partial charge on any atom is -0.491 e. The summed E-state index contributed by atoms with van der Waals surface area (Å²) < 4.78 is 5.69. The van der Waals surface area contributed by atoms with Crippen LogP contribution in [0.3, 0.4) is 0 Å². The highest BCUT2D eigenvalue weighted by molar-refractivity contribution is 6.32. The molecule has 140 valence electrons. The number of ether oxygens (including phenoxy) is 1. The van der Waals surface area contributed by atoms with Gasteiger partial charge in [-0.15, -0.1) is 0 Å². The van der Waals surface area contributed by atoms with Gasteiger partial charge in [-0.1, -0.05) is 11.6 Å². The van der Waals surface area contributed by atoms with Crippen LogP contribution < -0.4 is 27.0 Å². The van der Waals surface area contributed by atoms with E-state index in [0.29, 0.717) is 10.8 Å². The van der Waals surface area contributed by atoms with Crippen molar-refractivity contribution in [3.63, 3.8) is 0 Å². The lowest BCUT2D eigenvalue weighted by atomic mass is 10.1. The zero-order valence-electron chi connectivity index (χ0n) is 14.7. The van der Waals surface area contributed by atoms with Gasteiger partial charge in [0.1, 0.15) is 18.0 Å². The van der Waals surface area contributed by atoms with Gasteiger partial charge in [-0.3, -0.25) is 14.6 Å². The largest absolute Gasteiger partial charge is 0.491 e. The van der Waals surface area contributed by atoms with Gasteiger partial charge in [-0.2, -0.15) is 0 Å². The van der Waals surface area contributed by atoms with Crippen molar-refractivity contribution in [2.45, 2.75) is 33.2 Å². The summed E-state index contributed by atoms with van der Waals surface area (Å²) in [6.45, 7) is 5.80. The number of benzene rings is 1. The van der Waals surface area contributed by atoms with Crippen molar-refractivity contribution in [1.82, 2.24) is 15.3 Å². The van der Waals surface area contributed by atoms with E-state index >= 15 is 0 Å². The number of nitrogens with two attached hydrogens (primary N) is 1. The van der Waals surface area contributed by atoms with Gasteiger partial charge < -0.3 is 20.8 Å². The molecule has 0 fully saturated rings. The number of nitrogen functional groups attached to an aromatic ring is 1. The van der Waals surface area contributed by atoms with Crippen LogP contribution in [0, 0.1) is 13.8 Å². The van der Waals surface area contributed by atoms with Crippen molar-refractivity contribution >= 4 is 23.2 Å². The van der Waals surface area contributed by atoms with Gasteiger partial charge in [0.25, 0.3) is 5.56 Å². The normalized spacial score (nSPS) is 11.8. The molecule has 0 aliphatic heterocycles. The summed E-state index contributed by atoms with van der Waals surface area (Å²) in [6, 6.07) is 3.35. The van der Waals surface area contributed by atoms with Gasteiger partial charge >= 0.3 is 5.69 Å². The number of H-pyrrole nitrogens is 2. The minimum atomic E-state index is -0.721. The van der Waals surface area contributed by atoms with Crippen LogP contribution in [0.1, 0.15) is 23.7 Å². The Hall–Kier alpha value is -2.74. The van der Waals surface area contributed by atoms with Crippen LogP contribution in [0.25, 0.3) is 0 Å². The Kier molecular flexibility index (Phi) is 6.10. The maximum absolute atomic E-state index is 12.1. The molecule has 0 radical (unpaired) electrons. The molecule has 2 rings (SSSR count). The molecule has 9 heteroatoms. The molecule has 1 amide bonds. The second-order valence-corrected chi connectivity index (χ2v) is 6.51. The van der Waals surface area contributed by atoms with E-state index in [1.54, 1.807) is 6.92 Å². The molecule has 0 unspecified atom stereocenters. The summed E-state index contributed by atoms with van der Waals surface area (Å²) in [7, 11) is 0. The van der Waals surface area contributed by atoms with E-state index in [0.717, 1.165) is 11.1 Å². The Bertz CT molecular complexity index is 912. The maximum atomic E-state index is 12.1. The summed E-state index contributed by atoms with van der Waals surface area (Å²) >= 11 is 6.12. The third-order valence-electron chi connectivity index (χ3n) is 3.72. The molecule has 0 aliphatic rings. The zero-order chi connectivity index (χ0) is 19.4. The fourth-order valence-electron chi connectivity index (χ4n) is 2.42. The number of aromatic nitrogens is 2. The fourth-order valence-corrected chi connectivity index (χ4v) is 2.53. The van der Waals surface area contributed by atoms with Crippen LogP contribution in [0.2, 0.25) is 5.02 Å². The molecule has 1 heterocycles. The highest BCUT2D eigenvalue weighted by Crippen LogP contribution is 2.25. The van der Waals surface area contributed by atoms with Crippen LogP contribution in [-0.2, 0) is 11.2 Å². The highest BCUT2D eigenvalue weighted by Gasteiger charge is 2.13. The van der Waals surface area contributed by atoms with Gasteiger partial charge in [0.05, 0.1) is 18.2 Å². The number of aromatic amines is 2. The van der Waals surface area contributed by atoms with Crippen molar-refractivity contribution in [2.75, 3.05) is 12.3 Å². The monoisotopic (exact) mass is 380 g/mol. The standard InChI is InChI=1S/C17H21ClN4O4/c1-8-4-11(5-9(2)14(8)18)26-7-10(3)20-13(23)6-12-15(19)16(24)22-17(25)21-12/h4-5,10H,6-7,19H2,1-3H3,(H,20,23)(H2,21,22,24,25)/t10-/m1/s1. The van der Waals surface area contributed by atoms with Crippen molar-refractivity contribution < 1.29 is 9.53 Å². The molecule has 0 spiro atoms. The molecule has 0 saturated carbocycles. The Morgan fingerprint density at radius 3 is 2.50 bits per heavy atom. The third-order valence-corrected chi connectivity index (χ3v) is 4.31. The number of nitrogens with one attached hydrogen (secondary N) is 3. The fraction of sp³-hybridized carbons (Fsp3) is 0.353. The molecular formula is C17H21ClN4O4. The van der Waals surface area contributed by atoms with Gasteiger partial charge in [0.15, 0.2) is 0 Å². The molecular weight excluding hydrogens is 360 g/mol. The number of amides is 1. The van der Waals surface area contributed by atoms with Gasteiger partial charge in [0, 0.05) is 5.02 Å². The SMILES string of the molecule is Cc1cc(OC[C@@H](C)NC(=O)Cc2[nH]c(=O)[nH]c(=O)c2N)cc(C)c1Cl. The number of anilines is 1. The Morgan fingerprint density at radius 1 is 1.27 bits per heavy atom. The van der Waals surface area contributed by atoms with Crippen LogP contribution in [0.5, 0.6) is 5.75 Å². The number of hydrogen-bond donors (Lipinski definition) is 4. The average Bonchev–Trinajstić information content (AvgIpc) is 2.55. The first kappa shape index (κ1) is 19.6. The number of carbonyl (C=O) groups excluding carboxylic acids is 1. The van der Waals surface area contributed by atoms with E-state index in [-0.39, 0.29) is 30.5 Å². The van der Waals surface area contributed by atoms with Crippen LogP contribution in [-0.4, -0.2) is 28.5 Å². The lowest BCUT2D eigenvalue weighted by Crippen LogP contribution is -2.38.